The molecule has 2 aliphatic carbocycles. The summed E-state index contributed by atoms with van der Waals surface area (Å²) in [6.07, 6.45) is 7.59. The van der Waals surface area contributed by atoms with E-state index in [1.165, 1.54) is 37.8 Å². The van der Waals surface area contributed by atoms with Crippen molar-refractivity contribution in [2.24, 2.45) is 17.8 Å². The summed E-state index contributed by atoms with van der Waals surface area (Å²) in [6, 6.07) is 6.77. The molecule has 0 N–H and O–H groups in total. The normalized spacial score (nSPS) is 24.3. The first kappa shape index (κ1) is 28.1. The highest BCUT2D eigenvalue weighted by atomic mass is 19.3. The van der Waals surface area contributed by atoms with Gasteiger partial charge >= 0.3 is 12.2 Å². The number of hydrogen-bond acceptors (Lipinski definition) is 2. The van der Waals surface area contributed by atoms with Gasteiger partial charge in [0.25, 0.3) is 0 Å². The van der Waals surface area contributed by atoms with Crippen molar-refractivity contribution in [2.75, 3.05) is 0 Å². The molecule has 0 saturated heterocycles. The number of allylic oxidation sites excluding steroid dienone is 2. The van der Waals surface area contributed by atoms with E-state index in [0.29, 0.717) is 18.1 Å². The summed E-state index contributed by atoms with van der Waals surface area (Å²) < 4.78 is 90.6. The minimum absolute atomic E-state index is 0.152. The number of halogens is 6. The lowest BCUT2D eigenvalue weighted by Gasteiger charge is -2.37. The van der Waals surface area contributed by atoms with Gasteiger partial charge in [-0.25, -0.2) is 8.78 Å². The zero-order chi connectivity index (χ0) is 27.3. The van der Waals surface area contributed by atoms with Crippen molar-refractivity contribution < 1.29 is 35.8 Å². The van der Waals surface area contributed by atoms with Gasteiger partial charge in [-0.3, -0.25) is 0 Å². The Morgan fingerprint density at radius 2 is 1.39 bits per heavy atom. The maximum atomic E-state index is 14.8. The summed E-state index contributed by atoms with van der Waals surface area (Å²) in [5, 5.41) is 0. The van der Waals surface area contributed by atoms with Crippen LogP contribution in [0.15, 0.2) is 60.9 Å². The Morgan fingerprint density at radius 3 is 1.92 bits per heavy atom. The Morgan fingerprint density at radius 1 is 0.842 bits per heavy atom. The molecule has 0 amide bonds. The smallest absolute Gasteiger partial charge is 0.426 e. The fourth-order valence-electron chi connectivity index (χ4n) is 5.97. The molecule has 0 aliphatic heterocycles. The van der Waals surface area contributed by atoms with Crippen LogP contribution in [-0.4, -0.2) is 0 Å². The van der Waals surface area contributed by atoms with Gasteiger partial charge in [-0.05, 0) is 99.7 Å². The van der Waals surface area contributed by atoms with E-state index in [2.05, 4.69) is 28.5 Å². The molecule has 2 fully saturated rings. The van der Waals surface area contributed by atoms with Crippen molar-refractivity contribution in [1.29, 1.82) is 0 Å². The minimum atomic E-state index is -3.87. The van der Waals surface area contributed by atoms with Crippen LogP contribution in [0, 0.1) is 29.4 Å². The molecule has 0 unspecified atom stereocenters. The van der Waals surface area contributed by atoms with Crippen molar-refractivity contribution >= 4 is 0 Å². The Kier molecular flexibility index (Phi) is 9.11. The van der Waals surface area contributed by atoms with E-state index in [0.717, 1.165) is 49.0 Å². The van der Waals surface area contributed by atoms with Crippen LogP contribution in [0.2, 0.25) is 0 Å². The second-order valence-corrected chi connectivity index (χ2v) is 10.3. The summed E-state index contributed by atoms with van der Waals surface area (Å²) in [5.41, 5.74) is 0.530. The van der Waals surface area contributed by atoms with Crippen LogP contribution in [0.25, 0.3) is 0 Å². The molecular formula is C30H32F6O2. The van der Waals surface area contributed by atoms with Gasteiger partial charge in [0.1, 0.15) is 5.75 Å². The summed E-state index contributed by atoms with van der Waals surface area (Å²) in [7, 11) is 0. The van der Waals surface area contributed by atoms with E-state index in [4.69, 9.17) is 0 Å². The first-order chi connectivity index (χ1) is 18.2. The van der Waals surface area contributed by atoms with Gasteiger partial charge in [0, 0.05) is 12.1 Å². The summed E-state index contributed by atoms with van der Waals surface area (Å²) in [6.45, 7) is 2.08. The van der Waals surface area contributed by atoms with Crippen LogP contribution in [-0.2, 0) is 6.11 Å². The molecule has 2 saturated carbocycles. The zero-order valence-corrected chi connectivity index (χ0v) is 21.2. The van der Waals surface area contributed by atoms with Gasteiger partial charge in [-0.1, -0.05) is 24.3 Å². The predicted octanol–water partition coefficient (Wildman–Crippen LogP) is 9.87. The van der Waals surface area contributed by atoms with Crippen molar-refractivity contribution in [1.82, 2.24) is 0 Å². The number of alkyl halides is 2. The van der Waals surface area contributed by atoms with E-state index < -0.39 is 40.9 Å². The monoisotopic (exact) mass is 538 g/mol. The second kappa shape index (κ2) is 12.3. The molecule has 2 nitrogen and oxygen atoms in total. The summed E-state index contributed by atoms with van der Waals surface area (Å²) >= 11 is 0. The van der Waals surface area contributed by atoms with Crippen LogP contribution in [0.5, 0.6) is 11.5 Å². The minimum Gasteiger partial charge on any atom is -0.453 e. The average molecular weight is 539 g/mol. The SMILES string of the molecule is C/C=C/C1CCC(C2CCC(c3ccc(C(F)(F)Oc4cc(F)c(OC=C(F)F)c(F)c4)cc3)CC2)CC1. The topological polar surface area (TPSA) is 18.5 Å². The van der Waals surface area contributed by atoms with Gasteiger partial charge in [-0.15, -0.1) is 0 Å². The third kappa shape index (κ3) is 6.94. The van der Waals surface area contributed by atoms with Crippen LogP contribution in [0.1, 0.15) is 75.3 Å². The zero-order valence-electron chi connectivity index (χ0n) is 21.2. The lowest BCUT2D eigenvalue weighted by atomic mass is 9.68. The van der Waals surface area contributed by atoms with Crippen LogP contribution >= 0.6 is 0 Å². The largest absolute Gasteiger partial charge is 0.453 e. The van der Waals surface area contributed by atoms with Crippen molar-refractivity contribution in [3.8, 4) is 11.5 Å². The average Bonchev–Trinajstić information content (AvgIpc) is 2.89. The maximum absolute atomic E-state index is 14.8. The van der Waals surface area contributed by atoms with E-state index in [-0.39, 0.29) is 6.26 Å². The van der Waals surface area contributed by atoms with E-state index in [9.17, 15) is 26.3 Å². The predicted molar refractivity (Wildman–Crippen MR) is 133 cm³/mol. The lowest BCUT2D eigenvalue weighted by Crippen LogP contribution is -2.25. The molecule has 2 aliphatic rings. The molecule has 2 aromatic carbocycles. The van der Waals surface area contributed by atoms with Crippen molar-refractivity contribution in [3.63, 3.8) is 0 Å². The molecule has 0 bridgehead atoms. The molecule has 8 heteroatoms. The highest BCUT2D eigenvalue weighted by molar-refractivity contribution is 5.36. The van der Waals surface area contributed by atoms with Gasteiger partial charge in [-0.2, -0.15) is 17.6 Å². The number of hydrogen-bond donors (Lipinski definition) is 0. The van der Waals surface area contributed by atoms with Gasteiger partial charge in [0.05, 0.1) is 5.56 Å². The van der Waals surface area contributed by atoms with Crippen LogP contribution in [0.4, 0.5) is 26.3 Å². The van der Waals surface area contributed by atoms with Crippen LogP contribution in [0.3, 0.4) is 0 Å². The van der Waals surface area contributed by atoms with E-state index in [1.807, 2.05) is 0 Å². The first-order valence-electron chi connectivity index (χ1n) is 13.1. The fourth-order valence-corrected chi connectivity index (χ4v) is 5.97. The number of benzene rings is 2. The third-order valence-electron chi connectivity index (χ3n) is 7.92. The van der Waals surface area contributed by atoms with Crippen molar-refractivity contribution in [3.05, 3.63) is 83.7 Å². The number of rotatable bonds is 8. The molecule has 0 spiro atoms. The quantitative estimate of drug-likeness (QED) is 0.189. The van der Waals surface area contributed by atoms with Gasteiger partial charge < -0.3 is 9.47 Å². The Labute approximate surface area is 219 Å². The molecule has 38 heavy (non-hydrogen) atoms. The molecule has 206 valence electrons. The number of ether oxygens (including phenoxy) is 2. The molecule has 0 radical (unpaired) electrons. The lowest BCUT2D eigenvalue weighted by molar-refractivity contribution is -0.185. The highest BCUT2D eigenvalue weighted by Gasteiger charge is 2.36. The first-order valence-corrected chi connectivity index (χ1v) is 13.1. The van der Waals surface area contributed by atoms with Gasteiger partial charge in [0.15, 0.2) is 23.6 Å². The molecule has 4 rings (SSSR count). The molecule has 0 heterocycles. The van der Waals surface area contributed by atoms with Crippen LogP contribution < -0.4 is 9.47 Å². The molecule has 0 aromatic heterocycles. The maximum Gasteiger partial charge on any atom is 0.426 e. The summed E-state index contributed by atoms with van der Waals surface area (Å²) in [4.78, 5) is 0. The Bertz CT molecular complexity index is 1100. The van der Waals surface area contributed by atoms with Gasteiger partial charge in [0.2, 0.25) is 0 Å². The summed E-state index contributed by atoms with van der Waals surface area (Å²) in [5.74, 6) is -2.30. The molecule has 2 aromatic rings. The fraction of sp³-hybridized carbons (Fsp3) is 0.467. The molecular weight excluding hydrogens is 506 g/mol. The Balaban J connectivity index is 1.34. The van der Waals surface area contributed by atoms with E-state index in [1.54, 1.807) is 12.1 Å². The van der Waals surface area contributed by atoms with Crippen molar-refractivity contribution in [2.45, 2.75) is 70.3 Å². The third-order valence-corrected chi connectivity index (χ3v) is 7.92. The Hall–Kier alpha value is -2.90. The highest BCUT2D eigenvalue weighted by Crippen LogP contribution is 2.44. The standard InChI is InChI=1S/C30H32F6O2/c1-2-3-19-4-6-20(7-5-19)21-8-10-22(11-9-21)23-12-14-24(15-13-23)30(35,36)38-25-16-26(31)29(27(32)17-25)37-18-28(33)34/h2-3,12-22H,4-11H2,1H3/b3-2+. The second-order valence-electron chi connectivity index (χ2n) is 10.3. The van der Waals surface area contributed by atoms with E-state index >= 15 is 0 Å². The molecule has 0 atom stereocenters.